The lowest BCUT2D eigenvalue weighted by Crippen LogP contribution is -2.09. The molecule has 162 valence electrons. The standard InChI is InChI=1S/C26H18N2O2.HNO2/c29-26(30)21-17-18-27-22(19-21)14-11-20-12-15-25(16-13-20)28(23-7-3-1-4-8-23)24-9-5-2-6-10-24;2-1-3/h1-10,12-13,15-19H,(H,29,30);(H,2,3). The van der Waals surface area contributed by atoms with E-state index in [9.17, 15) is 4.79 Å². The monoisotopic (exact) mass is 437 g/mol. The summed E-state index contributed by atoms with van der Waals surface area (Å²) in [6.45, 7) is 0. The zero-order valence-corrected chi connectivity index (χ0v) is 17.4. The second kappa shape index (κ2) is 11.4. The molecule has 0 aliphatic rings. The van der Waals surface area contributed by atoms with Crippen LogP contribution in [0.15, 0.2) is 109 Å². The third-order valence-corrected chi connectivity index (χ3v) is 4.50. The molecule has 0 atom stereocenters. The maximum atomic E-state index is 11.1. The smallest absolute Gasteiger partial charge is 0.335 e. The zero-order chi connectivity index (χ0) is 23.5. The van der Waals surface area contributed by atoms with Crippen LogP contribution < -0.4 is 4.90 Å². The van der Waals surface area contributed by atoms with Crippen LogP contribution in [0.1, 0.15) is 21.6 Å². The van der Waals surface area contributed by atoms with Crippen LogP contribution >= 0.6 is 0 Å². The minimum absolute atomic E-state index is 0.172. The van der Waals surface area contributed by atoms with Crippen molar-refractivity contribution < 1.29 is 15.1 Å². The summed E-state index contributed by atoms with van der Waals surface area (Å²) in [5, 5.41) is 17.0. The molecule has 2 N–H and O–H groups in total. The Labute approximate surface area is 190 Å². The molecule has 7 heteroatoms. The molecule has 0 unspecified atom stereocenters. The number of benzene rings is 3. The second-order valence-corrected chi connectivity index (χ2v) is 6.62. The number of pyridine rings is 1. The molecule has 0 saturated heterocycles. The molecule has 0 bridgehead atoms. The van der Waals surface area contributed by atoms with Crippen molar-refractivity contribution in [1.29, 1.82) is 0 Å². The minimum Gasteiger partial charge on any atom is -0.478 e. The first kappa shape index (κ1) is 22.7. The van der Waals surface area contributed by atoms with E-state index >= 15 is 0 Å². The van der Waals surface area contributed by atoms with Crippen LogP contribution in [0.3, 0.4) is 0 Å². The molecule has 4 aromatic rings. The van der Waals surface area contributed by atoms with Crippen molar-refractivity contribution in [2.24, 2.45) is 5.34 Å². The number of aromatic nitrogens is 1. The zero-order valence-electron chi connectivity index (χ0n) is 17.4. The number of carbonyl (C=O) groups is 1. The molecule has 0 radical (unpaired) electrons. The maximum absolute atomic E-state index is 11.1. The molecule has 0 spiro atoms. The highest BCUT2D eigenvalue weighted by atomic mass is 16.6. The van der Waals surface area contributed by atoms with E-state index in [1.54, 1.807) is 0 Å². The van der Waals surface area contributed by atoms with Crippen molar-refractivity contribution in [3.8, 4) is 11.8 Å². The van der Waals surface area contributed by atoms with E-state index in [2.05, 4.69) is 46.0 Å². The average Bonchev–Trinajstić information content (AvgIpc) is 2.86. The maximum Gasteiger partial charge on any atom is 0.335 e. The molecule has 3 aromatic carbocycles. The van der Waals surface area contributed by atoms with Gasteiger partial charge in [0.2, 0.25) is 0 Å². The number of carboxylic acid groups (broad SMARTS) is 1. The number of anilines is 3. The van der Waals surface area contributed by atoms with Crippen molar-refractivity contribution >= 4 is 23.0 Å². The third-order valence-electron chi connectivity index (χ3n) is 4.50. The number of aromatic carboxylic acids is 1. The first-order valence-corrected chi connectivity index (χ1v) is 9.81. The number of carboxylic acids is 1. The van der Waals surface area contributed by atoms with Gasteiger partial charge in [-0.3, -0.25) is 0 Å². The number of para-hydroxylation sites is 2. The lowest BCUT2D eigenvalue weighted by Gasteiger charge is -2.25. The predicted molar refractivity (Wildman–Crippen MR) is 126 cm³/mol. The summed E-state index contributed by atoms with van der Waals surface area (Å²) >= 11 is 0. The Morgan fingerprint density at radius 1 is 0.788 bits per heavy atom. The summed E-state index contributed by atoms with van der Waals surface area (Å²) in [6, 6.07) is 31.2. The van der Waals surface area contributed by atoms with E-state index in [0.29, 0.717) is 5.69 Å². The van der Waals surface area contributed by atoms with Gasteiger partial charge < -0.3 is 15.2 Å². The summed E-state index contributed by atoms with van der Waals surface area (Å²) < 4.78 is 0. The number of nitrogens with zero attached hydrogens (tertiary/aromatic N) is 3. The van der Waals surface area contributed by atoms with Crippen LogP contribution in [0.5, 0.6) is 0 Å². The van der Waals surface area contributed by atoms with E-state index in [1.165, 1.54) is 23.7 Å². The quantitative estimate of drug-likeness (QED) is 0.238. The van der Waals surface area contributed by atoms with Crippen molar-refractivity contribution in [1.82, 2.24) is 4.98 Å². The van der Waals surface area contributed by atoms with Crippen LogP contribution in [0.2, 0.25) is 0 Å². The third kappa shape index (κ3) is 6.26. The fourth-order valence-electron chi connectivity index (χ4n) is 3.06. The molecule has 0 saturated carbocycles. The van der Waals surface area contributed by atoms with Gasteiger partial charge in [0.05, 0.1) is 5.56 Å². The van der Waals surface area contributed by atoms with E-state index in [1.807, 2.05) is 60.7 Å². The highest BCUT2D eigenvalue weighted by molar-refractivity contribution is 5.87. The van der Waals surface area contributed by atoms with Gasteiger partial charge >= 0.3 is 5.97 Å². The first-order chi connectivity index (χ1) is 16.1. The average molecular weight is 437 g/mol. The minimum atomic E-state index is -0.994. The Kier molecular flexibility index (Phi) is 7.87. The Hall–Kier alpha value is -4.96. The molecule has 33 heavy (non-hydrogen) atoms. The Balaban J connectivity index is 0.000000968. The van der Waals surface area contributed by atoms with Crippen molar-refractivity contribution in [2.45, 2.75) is 0 Å². The fraction of sp³-hybridized carbons (Fsp3) is 0. The summed E-state index contributed by atoms with van der Waals surface area (Å²) in [5.74, 6) is 4.99. The molecular weight excluding hydrogens is 418 g/mol. The van der Waals surface area contributed by atoms with Crippen molar-refractivity contribution in [3.05, 3.63) is 125 Å². The van der Waals surface area contributed by atoms with Crippen molar-refractivity contribution in [2.75, 3.05) is 4.90 Å². The molecular formula is C26H19N3O4. The van der Waals surface area contributed by atoms with Gasteiger partial charge in [0.1, 0.15) is 5.69 Å². The molecule has 0 aliphatic carbocycles. The van der Waals surface area contributed by atoms with Crippen LogP contribution in [-0.2, 0) is 0 Å². The fourth-order valence-corrected chi connectivity index (χ4v) is 3.06. The van der Waals surface area contributed by atoms with Crippen molar-refractivity contribution in [3.63, 3.8) is 0 Å². The van der Waals surface area contributed by atoms with Gasteiger partial charge in [-0.05, 0) is 66.6 Å². The molecule has 1 aromatic heterocycles. The van der Waals surface area contributed by atoms with Gasteiger partial charge in [0.25, 0.3) is 0 Å². The van der Waals surface area contributed by atoms with E-state index in [4.69, 9.17) is 15.2 Å². The molecule has 7 nitrogen and oxygen atoms in total. The van der Waals surface area contributed by atoms with E-state index < -0.39 is 5.97 Å². The van der Waals surface area contributed by atoms with Gasteiger partial charge in [-0.2, -0.15) is 0 Å². The van der Waals surface area contributed by atoms with Gasteiger partial charge in [-0.25, -0.2) is 9.78 Å². The summed E-state index contributed by atoms with van der Waals surface area (Å²) in [5.41, 5.74) is 4.57. The Bertz CT molecular complexity index is 1230. The lowest BCUT2D eigenvalue weighted by atomic mass is 10.1. The molecule has 0 fully saturated rings. The van der Waals surface area contributed by atoms with E-state index in [0.717, 1.165) is 22.6 Å². The normalized spacial score (nSPS) is 9.45. The highest BCUT2D eigenvalue weighted by Crippen LogP contribution is 2.33. The van der Waals surface area contributed by atoms with Gasteiger partial charge in [-0.1, -0.05) is 42.3 Å². The highest BCUT2D eigenvalue weighted by Gasteiger charge is 2.11. The number of hydrogen-bond donors (Lipinski definition) is 2. The van der Waals surface area contributed by atoms with Gasteiger partial charge in [-0.15, -0.1) is 4.91 Å². The predicted octanol–water partition coefficient (Wildman–Crippen LogP) is 5.79. The van der Waals surface area contributed by atoms with Crippen LogP contribution in [0.4, 0.5) is 17.1 Å². The number of rotatable bonds is 4. The topological polar surface area (TPSA) is 103 Å². The summed E-state index contributed by atoms with van der Waals surface area (Å²) in [6.07, 6.45) is 1.45. The summed E-state index contributed by atoms with van der Waals surface area (Å²) in [4.78, 5) is 25.5. The first-order valence-electron chi connectivity index (χ1n) is 9.81. The number of hydrogen-bond acceptors (Lipinski definition) is 5. The molecule has 4 rings (SSSR count). The Morgan fingerprint density at radius 2 is 1.30 bits per heavy atom. The van der Waals surface area contributed by atoms with Crippen LogP contribution in [-0.4, -0.2) is 21.3 Å². The van der Waals surface area contributed by atoms with E-state index in [-0.39, 0.29) is 5.56 Å². The van der Waals surface area contributed by atoms with Crippen LogP contribution in [0, 0.1) is 16.7 Å². The molecule has 0 aliphatic heterocycles. The van der Waals surface area contributed by atoms with Crippen LogP contribution in [0.25, 0.3) is 0 Å². The SMILES string of the molecule is O=C(O)c1ccnc(C#Cc2ccc(N(c3ccccc3)c3ccccc3)cc2)c1.O=NO. The molecule has 0 amide bonds. The van der Waals surface area contributed by atoms with Gasteiger partial charge in [0.15, 0.2) is 5.34 Å². The van der Waals surface area contributed by atoms with Gasteiger partial charge in [0, 0.05) is 28.8 Å². The second-order valence-electron chi connectivity index (χ2n) is 6.62. The molecule has 1 heterocycles. The summed E-state index contributed by atoms with van der Waals surface area (Å²) in [7, 11) is 0. The largest absolute Gasteiger partial charge is 0.478 e. The lowest BCUT2D eigenvalue weighted by molar-refractivity contribution is 0.0696. The Morgan fingerprint density at radius 3 is 1.82 bits per heavy atom.